The number of aromatic nitrogens is 2. The number of aliphatic hydroxyl groups is 1. The van der Waals surface area contributed by atoms with Crippen LogP contribution in [0.3, 0.4) is 0 Å². The number of hydrogen-bond donors (Lipinski definition) is 2. The number of aliphatic hydroxyl groups excluding tert-OH is 1. The SMILES string of the molecule is COc1ccc(C(OC[C@H]2S[C@@H](n3ccc(=O)[nH]c3=O)[C@H](F)[C@@H]2O)(c2ccccc2)c2ccc(OC)cc2)cc1. The maximum atomic E-state index is 15.3. The normalized spacial score (nSPS) is 20.8. The Morgan fingerprint density at radius 2 is 1.43 bits per heavy atom. The molecule has 5 rings (SSSR count). The molecule has 40 heavy (non-hydrogen) atoms. The average molecular weight is 565 g/mol. The van der Waals surface area contributed by atoms with Gasteiger partial charge in [0.25, 0.3) is 5.56 Å². The Hall–Kier alpha value is -3.86. The van der Waals surface area contributed by atoms with Crippen LogP contribution in [-0.2, 0) is 10.3 Å². The summed E-state index contributed by atoms with van der Waals surface area (Å²) in [6.07, 6.45) is -1.92. The van der Waals surface area contributed by atoms with Crippen LogP contribution in [0.15, 0.2) is 101 Å². The minimum Gasteiger partial charge on any atom is -0.497 e. The van der Waals surface area contributed by atoms with E-state index in [0.29, 0.717) is 11.5 Å². The molecule has 1 aliphatic heterocycles. The van der Waals surface area contributed by atoms with Crippen LogP contribution in [0.1, 0.15) is 22.1 Å². The van der Waals surface area contributed by atoms with Crippen molar-refractivity contribution in [3.63, 3.8) is 0 Å². The zero-order chi connectivity index (χ0) is 28.3. The second-order valence-electron chi connectivity index (χ2n) is 9.33. The molecule has 1 aromatic heterocycles. The van der Waals surface area contributed by atoms with Crippen LogP contribution in [0.4, 0.5) is 4.39 Å². The van der Waals surface area contributed by atoms with Gasteiger partial charge in [-0.05, 0) is 41.0 Å². The lowest BCUT2D eigenvalue weighted by Gasteiger charge is -2.37. The highest BCUT2D eigenvalue weighted by Gasteiger charge is 2.47. The van der Waals surface area contributed by atoms with Gasteiger partial charge in [-0.3, -0.25) is 14.3 Å². The summed E-state index contributed by atoms with van der Waals surface area (Å²) < 4.78 is 34.0. The molecular weight excluding hydrogens is 535 g/mol. The van der Waals surface area contributed by atoms with E-state index in [1.807, 2.05) is 78.9 Å². The first-order chi connectivity index (χ1) is 19.4. The lowest BCUT2D eigenvalue weighted by Crippen LogP contribution is -2.38. The fourth-order valence-electron chi connectivity index (χ4n) is 4.97. The molecule has 0 amide bonds. The molecule has 8 nitrogen and oxygen atoms in total. The summed E-state index contributed by atoms with van der Waals surface area (Å²) >= 11 is 1.09. The maximum Gasteiger partial charge on any atom is 0.329 e. The molecule has 0 bridgehead atoms. The number of methoxy groups -OCH3 is 2. The molecular formula is C30H29FN2O6S. The number of thioether (sulfide) groups is 1. The topological polar surface area (TPSA) is 103 Å². The number of ether oxygens (including phenoxy) is 3. The Kier molecular flexibility index (Phi) is 8.11. The number of H-pyrrole nitrogens is 1. The van der Waals surface area contributed by atoms with Gasteiger partial charge < -0.3 is 19.3 Å². The molecule has 0 saturated carbocycles. The van der Waals surface area contributed by atoms with Crippen LogP contribution in [0.25, 0.3) is 0 Å². The second-order valence-corrected chi connectivity index (χ2v) is 10.7. The Bertz CT molecular complexity index is 1490. The van der Waals surface area contributed by atoms with Gasteiger partial charge in [0, 0.05) is 12.3 Å². The fourth-order valence-corrected chi connectivity index (χ4v) is 6.40. The van der Waals surface area contributed by atoms with Gasteiger partial charge in [0.1, 0.15) is 28.6 Å². The summed E-state index contributed by atoms with van der Waals surface area (Å²) in [6, 6.07) is 25.8. The number of halogens is 1. The minimum absolute atomic E-state index is 0.0478. The van der Waals surface area contributed by atoms with Gasteiger partial charge in [0.05, 0.1) is 26.1 Å². The number of rotatable bonds is 9. The lowest BCUT2D eigenvalue weighted by atomic mass is 9.80. The molecule has 2 heterocycles. The molecule has 4 atom stereocenters. The van der Waals surface area contributed by atoms with Crippen molar-refractivity contribution >= 4 is 11.8 Å². The van der Waals surface area contributed by atoms with Crippen LogP contribution >= 0.6 is 11.8 Å². The molecule has 10 heteroatoms. The van der Waals surface area contributed by atoms with Crippen molar-refractivity contribution in [2.45, 2.75) is 28.5 Å². The van der Waals surface area contributed by atoms with Gasteiger partial charge >= 0.3 is 5.69 Å². The Morgan fingerprint density at radius 1 is 0.875 bits per heavy atom. The standard InChI is InChI=1S/C30H29FN2O6S/c1-37-22-12-8-20(9-13-22)30(19-6-4-3-5-7-19,21-10-14-23(38-2)15-11-21)39-18-24-27(35)26(31)28(40-24)33-17-16-25(34)32-29(33)36/h3-17,24,26-28,35H,18H2,1-2H3,(H,32,34,36)/t24-,26-,27-,28-/m1/s1. The summed E-state index contributed by atoms with van der Waals surface area (Å²) in [5.74, 6) is 1.35. The molecule has 1 aliphatic rings. The van der Waals surface area contributed by atoms with Crippen LogP contribution < -0.4 is 20.7 Å². The van der Waals surface area contributed by atoms with E-state index in [9.17, 15) is 14.7 Å². The van der Waals surface area contributed by atoms with Gasteiger partial charge in [-0.2, -0.15) is 0 Å². The molecule has 0 aliphatic carbocycles. The zero-order valence-electron chi connectivity index (χ0n) is 21.9. The quantitative estimate of drug-likeness (QED) is 0.298. The van der Waals surface area contributed by atoms with Crippen molar-refractivity contribution < 1.29 is 23.7 Å². The summed E-state index contributed by atoms with van der Waals surface area (Å²) in [6.45, 7) is -0.0478. The molecule has 2 N–H and O–H groups in total. The second kappa shape index (κ2) is 11.7. The van der Waals surface area contributed by atoms with Crippen molar-refractivity contribution in [1.29, 1.82) is 0 Å². The minimum atomic E-state index is -1.75. The van der Waals surface area contributed by atoms with Crippen LogP contribution in [0.2, 0.25) is 0 Å². The fraction of sp³-hybridized carbons (Fsp3) is 0.267. The van der Waals surface area contributed by atoms with E-state index < -0.39 is 39.7 Å². The maximum absolute atomic E-state index is 15.3. The predicted octanol–water partition coefficient (Wildman–Crippen LogP) is 3.88. The first kappa shape index (κ1) is 27.7. The third kappa shape index (κ3) is 5.17. The summed E-state index contributed by atoms with van der Waals surface area (Å²) in [7, 11) is 3.19. The van der Waals surface area contributed by atoms with E-state index in [1.54, 1.807) is 14.2 Å². The van der Waals surface area contributed by atoms with Crippen molar-refractivity contribution in [3.05, 3.63) is 129 Å². The Morgan fingerprint density at radius 3 is 1.95 bits per heavy atom. The smallest absolute Gasteiger partial charge is 0.329 e. The number of nitrogens with zero attached hydrogens (tertiary/aromatic N) is 1. The largest absolute Gasteiger partial charge is 0.497 e. The van der Waals surface area contributed by atoms with Gasteiger partial charge in [-0.25, -0.2) is 9.18 Å². The van der Waals surface area contributed by atoms with Crippen molar-refractivity contribution in [3.8, 4) is 11.5 Å². The van der Waals surface area contributed by atoms with E-state index >= 15 is 4.39 Å². The highest BCUT2D eigenvalue weighted by atomic mass is 32.2. The van der Waals surface area contributed by atoms with Crippen LogP contribution in [-0.4, -0.2) is 53.0 Å². The van der Waals surface area contributed by atoms with E-state index in [0.717, 1.165) is 39.1 Å². The van der Waals surface area contributed by atoms with E-state index in [4.69, 9.17) is 14.2 Å². The predicted molar refractivity (Wildman–Crippen MR) is 151 cm³/mol. The lowest BCUT2D eigenvalue weighted by molar-refractivity contribution is -0.0115. The van der Waals surface area contributed by atoms with Gasteiger partial charge in [0.2, 0.25) is 0 Å². The number of hydrogen-bond acceptors (Lipinski definition) is 7. The number of aromatic amines is 1. The highest BCUT2D eigenvalue weighted by Crippen LogP contribution is 2.46. The van der Waals surface area contributed by atoms with Gasteiger partial charge in [-0.15, -0.1) is 11.8 Å². The van der Waals surface area contributed by atoms with Crippen molar-refractivity contribution in [1.82, 2.24) is 9.55 Å². The summed E-state index contributed by atoms with van der Waals surface area (Å²) in [5, 5.41) is 9.15. The molecule has 3 aromatic carbocycles. The third-order valence-electron chi connectivity index (χ3n) is 7.06. The Labute approximate surface area is 234 Å². The van der Waals surface area contributed by atoms with Crippen molar-refractivity contribution in [2.24, 2.45) is 0 Å². The molecule has 208 valence electrons. The first-order valence-electron chi connectivity index (χ1n) is 12.6. The molecule has 0 radical (unpaired) electrons. The highest BCUT2D eigenvalue weighted by molar-refractivity contribution is 8.00. The number of benzene rings is 3. The van der Waals surface area contributed by atoms with E-state index in [1.165, 1.54) is 6.20 Å². The van der Waals surface area contributed by atoms with Crippen LogP contribution in [0, 0.1) is 0 Å². The van der Waals surface area contributed by atoms with Gasteiger partial charge in [-0.1, -0.05) is 54.6 Å². The molecule has 0 spiro atoms. The molecule has 0 unspecified atom stereocenters. The Balaban J connectivity index is 1.56. The number of nitrogens with one attached hydrogen (secondary N) is 1. The zero-order valence-corrected chi connectivity index (χ0v) is 22.7. The van der Waals surface area contributed by atoms with Gasteiger partial charge in [0.15, 0.2) is 6.17 Å². The summed E-state index contributed by atoms with van der Waals surface area (Å²) in [5.41, 5.74) is -0.0327. The molecule has 1 fully saturated rings. The summed E-state index contributed by atoms with van der Waals surface area (Å²) in [4.78, 5) is 26.0. The van der Waals surface area contributed by atoms with E-state index in [2.05, 4.69) is 4.98 Å². The average Bonchev–Trinajstić information content (AvgIpc) is 3.27. The van der Waals surface area contributed by atoms with Crippen molar-refractivity contribution in [2.75, 3.05) is 20.8 Å². The first-order valence-corrected chi connectivity index (χ1v) is 13.6. The molecule has 1 saturated heterocycles. The van der Waals surface area contributed by atoms with E-state index in [-0.39, 0.29) is 6.61 Å². The third-order valence-corrected chi connectivity index (χ3v) is 8.59. The van der Waals surface area contributed by atoms with Crippen LogP contribution in [0.5, 0.6) is 11.5 Å². The number of alkyl halides is 1. The monoisotopic (exact) mass is 564 g/mol. The molecule has 4 aromatic rings.